The smallest absolute Gasteiger partial charge is 0.142 e. The predicted molar refractivity (Wildman–Crippen MR) is 81.3 cm³/mol. The molecule has 0 saturated carbocycles. The summed E-state index contributed by atoms with van der Waals surface area (Å²) >= 11 is 1.69. The summed E-state index contributed by atoms with van der Waals surface area (Å²) in [7, 11) is 3.57. The molecule has 20 heavy (non-hydrogen) atoms. The zero-order chi connectivity index (χ0) is 13.9. The van der Waals surface area contributed by atoms with E-state index in [-0.39, 0.29) is 6.04 Å². The van der Waals surface area contributed by atoms with Crippen molar-refractivity contribution in [2.75, 3.05) is 14.2 Å². The van der Waals surface area contributed by atoms with Gasteiger partial charge in [-0.1, -0.05) is 0 Å². The lowest BCUT2D eigenvalue weighted by Gasteiger charge is -2.18. The number of nitrogens with one attached hydrogen (secondary N) is 1. The van der Waals surface area contributed by atoms with Crippen LogP contribution in [0.3, 0.4) is 0 Å². The summed E-state index contributed by atoms with van der Waals surface area (Å²) in [6.45, 7) is 0. The Balaban J connectivity index is 2.08. The number of methoxy groups -OCH3 is 1. The van der Waals surface area contributed by atoms with Crippen molar-refractivity contribution >= 4 is 21.6 Å². The maximum absolute atomic E-state index is 5.40. The Morgan fingerprint density at radius 2 is 2.20 bits per heavy atom. The molecule has 3 aromatic heterocycles. The lowest BCUT2D eigenvalue weighted by Crippen LogP contribution is -2.19. The highest BCUT2D eigenvalue weighted by Crippen LogP contribution is 2.29. The van der Waals surface area contributed by atoms with Crippen LogP contribution in [0, 0.1) is 0 Å². The Morgan fingerprint density at radius 3 is 3.00 bits per heavy atom. The second kappa shape index (κ2) is 5.56. The van der Waals surface area contributed by atoms with Crippen molar-refractivity contribution in [1.29, 1.82) is 0 Å². The van der Waals surface area contributed by atoms with Gasteiger partial charge in [0.25, 0.3) is 0 Å². The minimum Gasteiger partial charge on any atom is -0.495 e. The summed E-state index contributed by atoms with van der Waals surface area (Å²) in [5.74, 6) is 0.776. The van der Waals surface area contributed by atoms with Gasteiger partial charge in [-0.3, -0.25) is 9.97 Å². The standard InChI is InChI=1S/C15H15N3OS/c1-16-14(15-12(19-2)4-3-6-17-15)10-8-13-11(18-9-10)5-7-20-13/h3-9,14,16H,1-2H3. The average molecular weight is 285 g/mol. The fourth-order valence-corrected chi connectivity index (χ4v) is 3.06. The highest BCUT2D eigenvalue weighted by atomic mass is 32.1. The van der Waals surface area contributed by atoms with Gasteiger partial charge in [-0.05, 0) is 42.3 Å². The first kappa shape index (κ1) is 13.0. The van der Waals surface area contributed by atoms with E-state index in [2.05, 4.69) is 26.7 Å². The Bertz CT molecular complexity index is 726. The SMILES string of the molecule is CNC(c1cnc2ccsc2c1)c1ncccc1OC. The van der Waals surface area contributed by atoms with Gasteiger partial charge in [0.15, 0.2) is 0 Å². The van der Waals surface area contributed by atoms with E-state index < -0.39 is 0 Å². The highest BCUT2D eigenvalue weighted by molar-refractivity contribution is 7.17. The third-order valence-corrected chi connectivity index (χ3v) is 4.09. The van der Waals surface area contributed by atoms with Crippen LogP contribution >= 0.6 is 11.3 Å². The van der Waals surface area contributed by atoms with Crippen LogP contribution < -0.4 is 10.1 Å². The molecule has 0 aliphatic heterocycles. The molecule has 0 bridgehead atoms. The summed E-state index contributed by atoms with van der Waals surface area (Å²) in [5.41, 5.74) is 2.98. The Kier molecular flexibility index (Phi) is 3.62. The molecule has 102 valence electrons. The van der Waals surface area contributed by atoms with Crippen molar-refractivity contribution in [3.05, 3.63) is 53.3 Å². The van der Waals surface area contributed by atoms with Gasteiger partial charge < -0.3 is 10.1 Å². The number of rotatable bonds is 4. The largest absolute Gasteiger partial charge is 0.495 e. The fraction of sp³-hybridized carbons (Fsp3) is 0.200. The molecule has 1 atom stereocenters. The molecule has 0 fully saturated rings. The third-order valence-electron chi connectivity index (χ3n) is 3.24. The molecule has 3 rings (SSSR count). The van der Waals surface area contributed by atoms with Crippen LogP contribution in [0.5, 0.6) is 5.75 Å². The summed E-state index contributed by atoms with van der Waals surface area (Å²) in [5, 5.41) is 5.34. The van der Waals surface area contributed by atoms with Crippen molar-refractivity contribution in [1.82, 2.24) is 15.3 Å². The molecule has 0 saturated heterocycles. The van der Waals surface area contributed by atoms with E-state index in [4.69, 9.17) is 4.74 Å². The minimum absolute atomic E-state index is 0.0369. The number of fused-ring (bicyclic) bond motifs is 1. The molecular weight excluding hydrogens is 270 g/mol. The van der Waals surface area contributed by atoms with Gasteiger partial charge >= 0.3 is 0 Å². The van der Waals surface area contributed by atoms with E-state index >= 15 is 0 Å². The fourth-order valence-electron chi connectivity index (χ4n) is 2.27. The highest BCUT2D eigenvalue weighted by Gasteiger charge is 2.18. The average Bonchev–Trinajstić information content (AvgIpc) is 2.96. The molecule has 1 unspecified atom stereocenters. The summed E-state index contributed by atoms with van der Waals surface area (Å²) in [4.78, 5) is 8.95. The quantitative estimate of drug-likeness (QED) is 0.800. The molecule has 0 amide bonds. The van der Waals surface area contributed by atoms with Crippen LogP contribution in [-0.4, -0.2) is 24.1 Å². The van der Waals surface area contributed by atoms with Crippen molar-refractivity contribution < 1.29 is 4.74 Å². The molecule has 3 aromatic rings. The monoisotopic (exact) mass is 285 g/mol. The Hall–Kier alpha value is -1.98. The van der Waals surface area contributed by atoms with Crippen LogP contribution in [0.25, 0.3) is 10.2 Å². The molecule has 5 heteroatoms. The van der Waals surface area contributed by atoms with E-state index in [1.54, 1.807) is 24.6 Å². The van der Waals surface area contributed by atoms with Gasteiger partial charge in [0.2, 0.25) is 0 Å². The first-order chi connectivity index (χ1) is 9.83. The van der Waals surface area contributed by atoms with E-state index in [9.17, 15) is 0 Å². The maximum Gasteiger partial charge on any atom is 0.142 e. The molecule has 3 heterocycles. The molecule has 0 aliphatic rings. The van der Waals surface area contributed by atoms with Crippen molar-refractivity contribution in [2.45, 2.75) is 6.04 Å². The second-order valence-electron chi connectivity index (χ2n) is 4.39. The number of thiophene rings is 1. The third kappa shape index (κ3) is 2.26. The molecule has 0 aliphatic carbocycles. The molecule has 0 radical (unpaired) electrons. The molecule has 1 N–H and O–H groups in total. The van der Waals surface area contributed by atoms with Crippen LogP contribution in [0.1, 0.15) is 17.3 Å². The van der Waals surface area contributed by atoms with Gasteiger partial charge in [0, 0.05) is 12.4 Å². The number of hydrogen-bond acceptors (Lipinski definition) is 5. The lowest BCUT2D eigenvalue weighted by atomic mass is 10.0. The first-order valence-electron chi connectivity index (χ1n) is 6.33. The minimum atomic E-state index is -0.0369. The summed E-state index contributed by atoms with van der Waals surface area (Å²) in [6, 6.07) is 7.94. The number of hydrogen-bond donors (Lipinski definition) is 1. The maximum atomic E-state index is 5.40. The zero-order valence-electron chi connectivity index (χ0n) is 11.3. The number of aromatic nitrogens is 2. The van der Waals surface area contributed by atoms with E-state index in [1.165, 1.54) is 4.70 Å². The second-order valence-corrected chi connectivity index (χ2v) is 5.33. The Morgan fingerprint density at radius 1 is 1.30 bits per heavy atom. The molecule has 0 aromatic carbocycles. The zero-order valence-corrected chi connectivity index (χ0v) is 12.1. The van der Waals surface area contributed by atoms with E-state index in [1.807, 2.05) is 31.4 Å². The van der Waals surface area contributed by atoms with Gasteiger partial charge in [0.05, 0.1) is 23.4 Å². The van der Waals surface area contributed by atoms with Gasteiger partial charge in [-0.15, -0.1) is 11.3 Å². The van der Waals surface area contributed by atoms with Crippen molar-refractivity contribution in [3.63, 3.8) is 0 Å². The Labute approximate surface area is 121 Å². The van der Waals surface area contributed by atoms with Gasteiger partial charge in [-0.2, -0.15) is 0 Å². The van der Waals surface area contributed by atoms with Gasteiger partial charge in [0.1, 0.15) is 11.4 Å². The number of ether oxygens (including phenoxy) is 1. The molecule has 4 nitrogen and oxygen atoms in total. The van der Waals surface area contributed by atoms with Gasteiger partial charge in [-0.25, -0.2) is 0 Å². The van der Waals surface area contributed by atoms with E-state index in [0.29, 0.717) is 0 Å². The number of nitrogens with zero attached hydrogens (tertiary/aromatic N) is 2. The van der Waals surface area contributed by atoms with Crippen molar-refractivity contribution in [3.8, 4) is 5.75 Å². The van der Waals surface area contributed by atoms with E-state index in [0.717, 1.165) is 22.5 Å². The lowest BCUT2D eigenvalue weighted by molar-refractivity contribution is 0.401. The first-order valence-corrected chi connectivity index (χ1v) is 7.20. The summed E-state index contributed by atoms with van der Waals surface area (Å²) < 4.78 is 6.58. The summed E-state index contributed by atoms with van der Waals surface area (Å²) in [6.07, 6.45) is 3.67. The van der Waals surface area contributed by atoms with Crippen LogP contribution in [-0.2, 0) is 0 Å². The van der Waals surface area contributed by atoms with Crippen LogP contribution in [0.15, 0.2) is 42.0 Å². The molecule has 0 spiro atoms. The van der Waals surface area contributed by atoms with Crippen LogP contribution in [0.4, 0.5) is 0 Å². The normalized spacial score (nSPS) is 12.5. The predicted octanol–water partition coefficient (Wildman–Crippen LogP) is 3.01. The number of pyridine rings is 2. The topological polar surface area (TPSA) is 47.0 Å². The molecular formula is C15H15N3OS. The van der Waals surface area contributed by atoms with Crippen molar-refractivity contribution in [2.24, 2.45) is 0 Å². The van der Waals surface area contributed by atoms with Crippen LogP contribution in [0.2, 0.25) is 0 Å².